The maximum Gasteiger partial charge on any atom is 0.278 e. The van der Waals surface area contributed by atoms with Crippen molar-refractivity contribution in [2.24, 2.45) is 0 Å². The number of methoxy groups -OCH3 is 1. The summed E-state index contributed by atoms with van der Waals surface area (Å²) in [7, 11) is 3.72. The van der Waals surface area contributed by atoms with E-state index in [0.717, 1.165) is 5.69 Å². The van der Waals surface area contributed by atoms with Crippen molar-refractivity contribution in [3.63, 3.8) is 0 Å². The van der Waals surface area contributed by atoms with Crippen molar-refractivity contribution in [3.8, 4) is 11.8 Å². The van der Waals surface area contributed by atoms with E-state index in [1.165, 1.54) is 50.4 Å². The first-order chi connectivity index (χ1) is 18.0. The van der Waals surface area contributed by atoms with Gasteiger partial charge < -0.3 is 14.2 Å². The minimum atomic E-state index is -0.395. The van der Waals surface area contributed by atoms with E-state index in [4.69, 9.17) is 4.74 Å². The van der Waals surface area contributed by atoms with Crippen molar-refractivity contribution in [3.05, 3.63) is 88.4 Å². The number of fused-ring (bicyclic) bond motifs is 1. The van der Waals surface area contributed by atoms with Gasteiger partial charge in [0.2, 0.25) is 0 Å². The second kappa shape index (κ2) is 12.1. The number of ether oxygens (including phenoxy) is 1. The van der Waals surface area contributed by atoms with Gasteiger partial charge in [0.05, 0.1) is 37.8 Å². The number of hydrogen-bond acceptors (Lipinski definition) is 7. The van der Waals surface area contributed by atoms with Crippen LogP contribution in [-0.4, -0.2) is 57.0 Å². The second-order valence-corrected chi connectivity index (χ2v) is 9.00. The molecule has 0 unspecified atom stereocenters. The summed E-state index contributed by atoms with van der Waals surface area (Å²) in [6.45, 7) is 2.77. The normalized spacial score (nSPS) is 13.4. The number of nitrogens with zero attached hydrogens (tertiary/aromatic N) is 6. The largest absolute Gasteiger partial charge is 0.497 e. The van der Waals surface area contributed by atoms with Gasteiger partial charge in [0, 0.05) is 18.0 Å². The molecule has 0 atom stereocenters. The standard InChI is InChI=1S/C22H17N5O3.C6H13N/c1-30-18-7-4-5-15(9-18)19(28)13-27-14-25-20-16(10-23)11-26(21(20)22(27)29)12-17-6-2-3-8-24-17;1-7-5-3-2-4-6-7/h2-9,11,14H,12-13H2,1H3;2-6H2,1H3. The smallest absolute Gasteiger partial charge is 0.278 e. The van der Waals surface area contributed by atoms with Gasteiger partial charge in [0.15, 0.2) is 5.78 Å². The molecule has 1 aliphatic rings. The molecule has 0 saturated carbocycles. The molecule has 190 valence electrons. The zero-order valence-electron chi connectivity index (χ0n) is 21.1. The summed E-state index contributed by atoms with van der Waals surface area (Å²) in [5.41, 5.74) is 1.64. The van der Waals surface area contributed by atoms with E-state index in [1.807, 2.05) is 12.1 Å². The number of carbonyl (C=O) groups is 1. The van der Waals surface area contributed by atoms with Crippen LogP contribution < -0.4 is 10.3 Å². The van der Waals surface area contributed by atoms with E-state index in [-0.39, 0.29) is 17.8 Å². The van der Waals surface area contributed by atoms with Crippen LogP contribution in [0.3, 0.4) is 0 Å². The molecule has 0 bridgehead atoms. The maximum absolute atomic E-state index is 13.2. The molecule has 0 aliphatic carbocycles. The third-order valence-corrected chi connectivity index (χ3v) is 6.31. The third kappa shape index (κ3) is 6.29. The zero-order valence-corrected chi connectivity index (χ0v) is 21.1. The lowest BCUT2D eigenvalue weighted by Crippen LogP contribution is -2.26. The second-order valence-electron chi connectivity index (χ2n) is 9.00. The van der Waals surface area contributed by atoms with Crippen LogP contribution in [0.4, 0.5) is 0 Å². The number of aromatic nitrogens is 4. The van der Waals surface area contributed by atoms with Crippen molar-refractivity contribution >= 4 is 16.8 Å². The van der Waals surface area contributed by atoms with Gasteiger partial charge in [-0.1, -0.05) is 24.6 Å². The van der Waals surface area contributed by atoms with Crippen LogP contribution >= 0.6 is 0 Å². The zero-order chi connectivity index (χ0) is 26.2. The predicted molar refractivity (Wildman–Crippen MR) is 141 cm³/mol. The highest BCUT2D eigenvalue weighted by atomic mass is 16.5. The average Bonchev–Trinajstić information content (AvgIpc) is 3.29. The molecular formula is C28H30N6O3. The summed E-state index contributed by atoms with van der Waals surface area (Å²) in [5, 5.41) is 9.42. The van der Waals surface area contributed by atoms with Crippen molar-refractivity contribution in [2.45, 2.75) is 32.4 Å². The van der Waals surface area contributed by atoms with E-state index in [1.54, 1.807) is 47.3 Å². The highest BCUT2D eigenvalue weighted by Gasteiger charge is 2.17. The number of benzene rings is 1. The van der Waals surface area contributed by atoms with Crippen LogP contribution in [0, 0.1) is 11.3 Å². The van der Waals surface area contributed by atoms with Crippen LogP contribution in [-0.2, 0) is 13.1 Å². The van der Waals surface area contributed by atoms with Crippen LogP contribution in [0.2, 0.25) is 0 Å². The van der Waals surface area contributed by atoms with Crippen molar-refractivity contribution in [1.82, 2.24) is 24.0 Å². The number of piperidine rings is 1. The minimum Gasteiger partial charge on any atom is -0.497 e. The van der Waals surface area contributed by atoms with Crippen LogP contribution in [0.5, 0.6) is 5.75 Å². The molecule has 1 aliphatic heterocycles. The predicted octanol–water partition coefficient (Wildman–Crippen LogP) is 3.51. The summed E-state index contributed by atoms with van der Waals surface area (Å²) in [5.74, 6) is 0.310. The Hall–Kier alpha value is -4.29. The summed E-state index contributed by atoms with van der Waals surface area (Å²) in [6.07, 6.45) is 8.82. The summed E-state index contributed by atoms with van der Waals surface area (Å²) < 4.78 is 8.05. The van der Waals surface area contributed by atoms with E-state index in [9.17, 15) is 14.9 Å². The average molecular weight is 499 g/mol. The molecule has 9 heteroatoms. The lowest BCUT2D eigenvalue weighted by atomic mass is 10.1. The Morgan fingerprint density at radius 2 is 1.89 bits per heavy atom. The van der Waals surface area contributed by atoms with Gasteiger partial charge in [0.25, 0.3) is 5.56 Å². The lowest BCUT2D eigenvalue weighted by Gasteiger charge is -2.20. The fourth-order valence-electron chi connectivity index (χ4n) is 4.30. The number of rotatable bonds is 6. The Labute approximate surface area is 215 Å². The molecule has 0 amide bonds. The van der Waals surface area contributed by atoms with Crippen molar-refractivity contribution in [1.29, 1.82) is 5.26 Å². The van der Waals surface area contributed by atoms with Gasteiger partial charge in [-0.2, -0.15) is 5.26 Å². The molecule has 4 heterocycles. The van der Waals surface area contributed by atoms with Gasteiger partial charge in [-0.3, -0.25) is 19.1 Å². The van der Waals surface area contributed by atoms with Crippen LogP contribution in [0.15, 0.2) is 66.0 Å². The van der Waals surface area contributed by atoms with Gasteiger partial charge in [-0.15, -0.1) is 0 Å². The highest BCUT2D eigenvalue weighted by molar-refractivity contribution is 5.96. The summed E-state index contributed by atoms with van der Waals surface area (Å²) >= 11 is 0. The fourth-order valence-corrected chi connectivity index (χ4v) is 4.30. The number of nitriles is 1. The molecule has 1 aromatic carbocycles. The Kier molecular flexibility index (Phi) is 8.44. The summed E-state index contributed by atoms with van der Waals surface area (Å²) in [4.78, 5) is 36.8. The van der Waals surface area contributed by atoms with Gasteiger partial charge in [-0.05, 0) is 57.2 Å². The molecule has 0 N–H and O–H groups in total. The maximum atomic E-state index is 13.2. The molecule has 1 fully saturated rings. The number of Topliss-reactive ketones (excluding diaryl/α,β-unsaturated/α-hetero) is 1. The molecule has 9 nitrogen and oxygen atoms in total. The van der Waals surface area contributed by atoms with Crippen LogP contribution in [0.25, 0.3) is 11.0 Å². The Morgan fingerprint density at radius 1 is 1.08 bits per heavy atom. The van der Waals surface area contributed by atoms with E-state index >= 15 is 0 Å². The first-order valence-electron chi connectivity index (χ1n) is 12.2. The molecule has 0 radical (unpaired) electrons. The fraction of sp³-hybridized carbons (Fsp3) is 0.321. The number of hydrogen-bond donors (Lipinski definition) is 0. The Balaban J connectivity index is 0.000000396. The lowest BCUT2D eigenvalue weighted by molar-refractivity contribution is 0.0970. The number of pyridine rings is 1. The van der Waals surface area contributed by atoms with E-state index in [0.29, 0.717) is 28.9 Å². The van der Waals surface area contributed by atoms with Crippen LogP contribution in [0.1, 0.15) is 40.9 Å². The van der Waals surface area contributed by atoms with Crippen molar-refractivity contribution < 1.29 is 9.53 Å². The van der Waals surface area contributed by atoms with E-state index < -0.39 is 5.56 Å². The molecule has 5 rings (SSSR count). The summed E-state index contributed by atoms with van der Waals surface area (Å²) in [6, 6.07) is 14.3. The topological polar surface area (TPSA) is 106 Å². The molecule has 1 saturated heterocycles. The van der Waals surface area contributed by atoms with Gasteiger partial charge in [0.1, 0.15) is 22.9 Å². The van der Waals surface area contributed by atoms with Crippen molar-refractivity contribution in [2.75, 3.05) is 27.2 Å². The Morgan fingerprint density at radius 3 is 2.54 bits per heavy atom. The Bertz CT molecular complexity index is 1460. The molecule has 0 spiro atoms. The quantitative estimate of drug-likeness (QED) is 0.375. The molecule has 3 aromatic heterocycles. The molecular weight excluding hydrogens is 468 g/mol. The monoisotopic (exact) mass is 498 g/mol. The number of ketones is 1. The molecule has 4 aromatic rings. The van der Waals surface area contributed by atoms with Gasteiger partial charge in [-0.25, -0.2) is 4.98 Å². The molecule has 37 heavy (non-hydrogen) atoms. The highest BCUT2D eigenvalue weighted by Crippen LogP contribution is 2.17. The minimum absolute atomic E-state index is 0.175. The first-order valence-corrected chi connectivity index (χ1v) is 12.2. The van der Waals surface area contributed by atoms with E-state index in [2.05, 4.69) is 28.0 Å². The SMILES string of the molecule is CN1CCCCC1.COc1cccc(C(=O)Cn2cnc3c(C#N)cn(Cc4ccccn4)c3c2=O)c1. The first kappa shape index (κ1) is 25.8. The van der Waals surface area contributed by atoms with Gasteiger partial charge >= 0.3 is 0 Å². The number of likely N-dealkylation sites (tertiary alicyclic amines) is 1. The number of carbonyl (C=O) groups excluding carboxylic acids is 1. The third-order valence-electron chi connectivity index (χ3n) is 6.31.